The van der Waals surface area contributed by atoms with Crippen LogP contribution in [0.3, 0.4) is 0 Å². The molecule has 2 heteroatoms. The van der Waals surface area contributed by atoms with Gasteiger partial charge in [0.1, 0.15) is 6.29 Å². The second-order valence-corrected chi connectivity index (χ2v) is 5.77. The van der Waals surface area contributed by atoms with Crippen molar-refractivity contribution in [1.82, 2.24) is 4.90 Å². The second kappa shape index (κ2) is 6.39. The minimum Gasteiger partial charge on any atom is -0.305 e. The van der Waals surface area contributed by atoms with Crippen molar-refractivity contribution in [2.24, 2.45) is 11.3 Å². The molecule has 0 saturated heterocycles. The fourth-order valence-electron chi connectivity index (χ4n) is 3.03. The van der Waals surface area contributed by atoms with E-state index in [1.165, 1.54) is 32.0 Å². The zero-order valence-electron chi connectivity index (χ0n) is 11.2. The molecule has 16 heavy (non-hydrogen) atoms. The van der Waals surface area contributed by atoms with Crippen LogP contribution in [-0.4, -0.2) is 31.3 Å². The van der Waals surface area contributed by atoms with Gasteiger partial charge in [0.2, 0.25) is 0 Å². The number of hydrogen-bond donors (Lipinski definition) is 0. The molecule has 2 atom stereocenters. The SMILES string of the molecule is CCCCN(C)CC1(C=O)CCCC(C)C1. The molecular formula is C14H27NO. The van der Waals surface area contributed by atoms with Gasteiger partial charge in [-0.1, -0.05) is 33.1 Å². The summed E-state index contributed by atoms with van der Waals surface area (Å²) in [6, 6.07) is 0. The van der Waals surface area contributed by atoms with Gasteiger partial charge in [-0.25, -0.2) is 0 Å². The molecule has 0 spiro atoms. The monoisotopic (exact) mass is 225 g/mol. The van der Waals surface area contributed by atoms with Gasteiger partial charge >= 0.3 is 0 Å². The molecule has 0 aromatic rings. The number of carbonyl (C=O) groups excluding carboxylic acids is 1. The van der Waals surface area contributed by atoms with E-state index in [-0.39, 0.29) is 5.41 Å². The summed E-state index contributed by atoms with van der Waals surface area (Å²) in [5, 5.41) is 0. The quantitative estimate of drug-likeness (QED) is 0.647. The fraction of sp³-hybridized carbons (Fsp3) is 0.929. The number of unbranched alkanes of at least 4 members (excludes halogenated alkanes) is 1. The van der Waals surface area contributed by atoms with Crippen LogP contribution in [0, 0.1) is 11.3 Å². The summed E-state index contributed by atoms with van der Waals surface area (Å²) in [5.41, 5.74) is -0.0415. The molecule has 1 fully saturated rings. The van der Waals surface area contributed by atoms with Gasteiger partial charge in [0.25, 0.3) is 0 Å². The van der Waals surface area contributed by atoms with Crippen molar-refractivity contribution < 1.29 is 4.79 Å². The minimum atomic E-state index is -0.0415. The molecule has 1 saturated carbocycles. The zero-order chi connectivity index (χ0) is 12.0. The van der Waals surface area contributed by atoms with Crippen molar-refractivity contribution in [3.05, 3.63) is 0 Å². The van der Waals surface area contributed by atoms with Crippen molar-refractivity contribution >= 4 is 6.29 Å². The van der Waals surface area contributed by atoms with Gasteiger partial charge in [0.15, 0.2) is 0 Å². The topological polar surface area (TPSA) is 20.3 Å². The Bertz CT molecular complexity index is 217. The van der Waals surface area contributed by atoms with Crippen LogP contribution in [0.25, 0.3) is 0 Å². The van der Waals surface area contributed by atoms with E-state index in [4.69, 9.17) is 0 Å². The van der Waals surface area contributed by atoms with Crippen molar-refractivity contribution in [1.29, 1.82) is 0 Å². The first-order chi connectivity index (χ1) is 7.62. The number of carbonyl (C=O) groups is 1. The first-order valence-corrected chi connectivity index (χ1v) is 6.77. The third kappa shape index (κ3) is 3.89. The molecule has 1 rings (SSSR count). The maximum Gasteiger partial charge on any atom is 0.127 e. The van der Waals surface area contributed by atoms with Gasteiger partial charge in [-0.3, -0.25) is 0 Å². The molecule has 1 aliphatic rings. The Morgan fingerprint density at radius 1 is 1.50 bits per heavy atom. The summed E-state index contributed by atoms with van der Waals surface area (Å²) in [7, 11) is 2.15. The predicted octanol–water partition coefficient (Wildman–Crippen LogP) is 3.11. The first-order valence-electron chi connectivity index (χ1n) is 6.77. The Morgan fingerprint density at radius 2 is 2.25 bits per heavy atom. The van der Waals surface area contributed by atoms with Crippen LogP contribution in [0.1, 0.15) is 52.4 Å². The van der Waals surface area contributed by atoms with Crippen LogP contribution in [-0.2, 0) is 4.79 Å². The number of aldehydes is 1. The summed E-state index contributed by atoms with van der Waals surface area (Å²) in [6.07, 6.45) is 8.42. The third-order valence-electron chi connectivity index (χ3n) is 3.85. The van der Waals surface area contributed by atoms with Gasteiger partial charge in [0.05, 0.1) is 0 Å². The van der Waals surface area contributed by atoms with Crippen LogP contribution in [0.4, 0.5) is 0 Å². The smallest absolute Gasteiger partial charge is 0.127 e. The van der Waals surface area contributed by atoms with Crippen LogP contribution in [0.2, 0.25) is 0 Å². The predicted molar refractivity (Wildman–Crippen MR) is 68.5 cm³/mol. The van der Waals surface area contributed by atoms with E-state index < -0.39 is 0 Å². The molecule has 2 unspecified atom stereocenters. The molecule has 1 aliphatic carbocycles. The Labute approximate surface area is 100 Å². The summed E-state index contributed by atoms with van der Waals surface area (Å²) in [6.45, 7) is 6.58. The van der Waals surface area contributed by atoms with E-state index in [9.17, 15) is 4.79 Å². The molecule has 94 valence electrons. The molecule has 0 aromatic heterocycles. The van der Waals surface area contributed by atoms with E-state index in [2.05, 4.69) is 25.8 Å². The highest BCUT2D eigenvalue weighted by atomic mass is 16.1. The van der Waals surface area contributed by atoms with Gasteiger partial charge in [0, 0.05) is 12.0 Å². The van der Waals surface area contributed by atoms with E-state index in [1.54, 1.807) is 0 Å². The molecule has 0 amide bonds. The highest BCUT2D eigenvalue weighted by Crippen LogP contribution is 2.38. The molecule has 0 bridgehead atoms. The van der Waals surface area contributed by atoms with Crippen molar-refractivity contribution in [3.8, 4) is 0 Å². The Hall–Kier alpha value is -0.370. The minimum absolute atomic E-state index is 0.0415. The largest absolute Gasteiger partial charge is 0.305 e. The molecule has 0 N–H and O–H groups in total. The highest BCUT2D eigenvalue weighted by Gasteiger charge is 2.35. The van der Waals surface area contributed by atoms with E-state index in [1.807, 2.05) is 0 Å². The Balaban J connectivity index is 2.48. The fourth-order valence-corrected chi connectivity index (χ4v) is 3.03. The maximum absolute atomic E-state index is 11.4. The maximum atomic E-state index is 11.4. The average Bonchev–Trinajstić information content (AvgIpc) is 2.26. The lowest BCUT2D eigenvalue weighted by molar-refractivity contribution is -0.119. The summed E-state index contributed by atoms with van der Waals surface area (Å²) in [4.78, 5) is 13.8. The standard InChI is InChI=1S/C14H27NO/c1-4-5-9-15(3)11-14(12-16)8-6-7-13(2)10-14/h12-13H,4-11H2,1-3H3. The molecule has 0 aromatic carbocycles. The van der Waals surface area contributed by atoms with E-state index in [0.717, 1.165) is 31.8 Å². The van der Waals surface area contributed by atoms with Crippen LogP contribution >= 0.6 is 0 Å². The van der Waals surface area contributed by atoms with Crippen molar-refractivity contribution in [2.45, 2.75) is 52.4 Å². The molecular weight excluding hydrogens is 198 g/mol. The summed E-state index contributed by atoms with van der Waals surface area (Å²) >= 11 is 0. The lowest BCUT2D eigenvalue weighted by Crippen LogP contribution is -2.40. The summed E-state index contributed by atoms with van der Waals surface area (Å²) in [5.74, 6) is 0.721. The summed E-state index contributed by atoms with van der Waals surface area (Å²) < 4.78 is 0. The lowest BCUT2D eigenvalue weighted by Gasteiger charge is -2.38. The van der Waals surface area contributed by atoms with Gasteiger partial charge in [-0.2, -0.15) is 0 Å². The Morgan fingerprint density at radius 3 is 2.81 bits per heavy atom. The van der Waals surface area contributed by atoms with Crippen LogP contribution in [0.5, 0.6) is 0 Å². The highest BCUT2D eigenvalue weighted by molar-refractivity contribution is 5.60. The van der Waals surface area contributed by atoms with Crippen LogP contribution in [0.15, 0.2) is 0 Å². The van der Waals surface area contributed by atoms with E-state index >= 15 is 0 Å². The first kappa shape index (κ1) is 13.7. The third-order valence-corrected chi connectivity index (χ3v) is 3.85. The molecule has 0 heterocycles. The average molecular weight is 225 g/mol. The van der Waals surface area contributed by atoms with Crippen LogP contribution < -0.4 is 0 Å². The zero-order valence-corrected chi connectivity index (χ0v) is 11.2. The lowest BCUT2D eigenvalue weighted by atomic mass is 9.71. The number of rotatable bonds is 6. The van der Waals surface area contributed by atoms with Crippen molar-refractivity contribution in [3.63, 3.8) is 0 Å². The number of nitrogens with zero attached hydrogens (tertiary/aromatic N) is 1. The van der Waals surface area contributed by atoms with Gasteiger partial charge in [-0.05, 0) is 38.8 Å². The van der Waals surface area contributed by atoms with Gasteiger partial charge in [-0.15, -0.1) is 0 Å². The van der Waals surface area contributed by atoms with E-state index in [0.29, 0.717) is 0 Å². The van der Waals surface area contributed by atoms with Crippen molar-refractivity contribution in [2.75, 3.05) is 20.1 Å². The molecule has 0 aliphatic heterocycles. The second-order valence-electron chi connectivity index (χ2n) is 5.77. The molecule has 2 nitrogen and oxygen atoms in total. The Kier molecular flexibility index (Phi) is 5.47. The van der Waals surface area contributed by atoms with Gasteiger partial charge < -0.3 is 9.69 Å². The number of hydrogen-bond acceptors (Lipinski definition) is 2. The normalized spacial score (nSPS) is 30.6. The molecule has 0 radical (unpaired) electrons.